The Morgan fingerprint density at radius 2 is 1.90 bits per heavy atom. The first kappa shape index (κ1) is 16.2. The zero-order valence-electron chi connectivity index (χ0n) is 13.4. The Bertz CT molecular complexity index is 538. The third kappa shape index (κ3) is 4.17. The number of carbonyl (C=O) groups is 1. The smallest absolute Gasteiger partial charge is 0.254 e. The van der Waals surface area contributed by atoms with E-state index in [1.165, 1.54) is 0 Å². The summed E-state index contributed by atoms with van der Waals surface area (Å²) in [6.45, 7) is 10.5. The standard InChI is InChI=1S/C16H24ClN3O/c1-10-6-13(17)12(9-18-10)14(21)19-11-7-15(2,3)20-16(4,5)8-11/h6,9,11,20H,7-8H2,1-5H3,(H,19,21). The van der Waals surface area contributed by atoms with Gasteiger partial charge < -0.3 is 10.6 Å². The van der Waals surface area contributed by atoms with Gasteiger partial charge in [0, 0.05) is 29.0 Å². The molecule has 0 aromatic carbocycles. The number of nitrogens with zero attached hydrogens (tertiary/aromatic N) is 1. The van der Waals surface area contributed by atoms with Gasteiger partial charge in [0.1, 0.15) is 0 Å². The minimum Gasteiger partial charge on any atom is -0.349 e. The molecule has 5 heteroatoms. The van der Waals surface area contributed by atoms with Gasteiger partial charge in [0.25, 0.3) is 5.91 Å². The molecule has 0 aliphatic carbocycles. The predicted molar refractivity (Wildman–Crippen MR) is 85.8 cm³/mol. The summed E-state index contributed by atoms with van der Waals surface area (Å²) in [4.78, 5) is 16.6. The van der Waals surface area contributed by atoms with E-state index in [1.54, 1.807) is 12.3 Å². The fourth-order valence-electron chi connectivity index (χ4n) is 3.38. The average Bonchev–Trinajstić information content (AvgIpc) is 2.23. The Morgan fingerprint density at radius 3 is 2.43 bits per heavy atom. The van der Waals surface area contributed by atoms with Crippen molar-refractivity contribution >= 4 is 17.5 Å². The van der Waals surface area contributed by atoms with Crippen LogP contribution in [0.25, 0.3) is 0 Å². The third-order valence-corrected chi connectivity index (χ3v) is 4.07. The summed E-state index contributed by atoms with van der Waals surface area (Å²) in [5, 5.41) is 7.16. The van der Waals surface area contributed by atoms with Crippen molar-refractivity contribution in [2.24, 2.45) is 0 Å². The molecule has 2 rings (SSSR count). The topological polar surface area (TPSA) is 54.0 Å². The number of carbonyl (C=O) groups excluding carboxylic acids is 1. The number of rotatable bonds is 2. The van der Waals surface area contributed by atoms with Crippen molar-refractivity contribution in [1.82, 2.24) is 15.6 Å². The lowest BCUT2D eigenvalue weighted by molar-refractivity contribution is 0.0873. The molecule has 0 bridgehead atoms. The summed E-state index contributed by atoms with van der Waals surface area (Å²) >= 11 is 6.14. The van der Waals surface area contributed by atoms with Crippen LogP contribution in [0.2, 0.25) is 5.02 Å². The molecule has 1 aromatic heterocycles. The van der Waals surface area contributed by atoms with Crippen LogP contribution in [0.1, 0.15) is 56.6 Å². The Morgan fingerprint density at radius 1 is 1.33 bits per heavy atom. The predicted octanol–water partition coefficient (Wildman–Crippen LogP) is 3.08. The van der Waals surface area contributed by atoms with Crippen LogP contribution in [0.15, 0.2) is 12.3 Å². The number of aromatic nitrogens is 1. The number of halogens is 1. The van der Waals surface area contributed by atoms with E-state index < -0.39 is 0 Å². The van der Waals surface area contributed by atoms with Crippen LogP contribution >= 0.6 is 11.6 Å². The summed E-state index contributed by atoms with van der Waals surface area (Å²) in [6, 6.07) is 1.84. The highest BCUT2D eigenvalue weighted by molar-refractivity contribution is 6.33. The minimum atomic E-state index is -0.147. The Hall–Kier alpha value is -1.13. The maximum Gasteiger partial charge on any atom is 0.254 e. The largest absolute Gasteiger partial charge is 0.349 e. The molecule has 0 spiro atoms. The lowest BCUT2D eigenvalue weighted by Crippen LogP contribution is -2.62. The molecule has 1 aliphatic heterocycles. The van der Waals surface area contributed by atoms with Gasteiger partial charge in [0.05, 0.1) is 10.6 Å². The van der Waals surface area contributed by atoms with Crippen molar-refractivity contribution in [2.75, 3.05) is 0 Å². The second kappa shape index (κ2) is 5.58. The minimum absolute atomic E-state index is 0.00494. The zero-order chi connectivity index (χ0) is 15.8. The first-order chi connectivity index (χ1) is 9.58. The van der Waals surface area contributed by atoms with Crippen LogP contribution in [-0.4, -0.2) is 28.0 Å². The molecule has 1 aliphatic rings. The van der Waals surface area contributed by atoms with Crippen molar-refractivity contribution in [1.29, 1.82) is 0 Å². The molecule has 1 amide bonds. The van der Waals surface area contributed by atoms with E-state index in [1.807, 2.05) is 6.92 Å². The first-order valence-corrected chi connectivity index (χ1v) is 7.68. The zero-order valence-corrected chi connectivity index (χ0v) is 14.1. The average molecular weight is 310 g/mol. The number of amides is 1. The summed E-state index contributed by atoms with van der Waals surface area (Å²) in [6.07, 6.45) is 3.32. The molecule has 2 N–H and O–H groups in total. The number of nitrogens with one attached hydrogen (secondary N) is 2. The van der Waals surface area contributed by atoms with Crippen LogP contribution in [0.4, 0.5) is 0 Å². The second-order valence-electron chi connectivity index (χ2n) is 7.28. The summed E-state index contributed by atoms with van der Waals surface area (Å²) in [5.74, 6) is -0.147. The van der Waals surface area contributed by atoms with Crippen molar-refractivity contribution in [3.8, 4) is 0 Å². The maximum atomic E-state index is 12.4. The van der Waals surface area contributed by atoms with Crippen LogP contribution in [0, 0.1) is 6.92 Å². The van der Waals surface area contributed by atoms with Gasteiger partial charge in [-0.15, -0.1) is 0 Å². The summed E-state index contributed by atoms with van der Waals surface area (Å²) in [7, 11) is 0. The van der Waals surface area contributed by atoms with Gasteiger partial charge >= 0.3 is 0 Å². The SMILES string of the molecule is Cc1cc(Cl)c(C(=O)NC2CC(C)(C)NC(C)(C)C2)cn1. The highest BCUT2D eigenvalue weighted by atomic mass is 35.5. The van der Waals surface area contributed by atoms with Crippen LogP contribution in [0.3, 0.4) is 0 Å². The molecule has 0 radical (unpaired) electrons. The van der Waals surface area contributed by atoms with Crippen LogP contribution < -0.4 is 10.6 Å². The number of hydrogen-bond acceptors (Lipinski definition) is 3. The van der Waals surface area contributed by atoms with Crippen molar-refractivity contribution < 1.29 is 4.79 Å². The van der Waals surface area contributed by atoms with E-state index in [0.29, 0.717) is 10.6 Å². The van der Waals surface area contributed by atoms with Crippen LogP contribution in [0.5, 0.6) is 0 Å². The molecule has 0 atom stereocenters. The van der Waals surface area contributed by atoms with Gasteiger partial charge in [0.2, 0.25) is 0 Å². The second-order valence-corrected chi connectivity index (χ2v) is 7.68. The van der Waals surface area contributed by atoms with Gasteiger partial charge in [-0.2, -0.15) is 0 Å². The Balaban J connectivity index is 2.12. The first-order valence-electron chi connectivity index (χ1n) is 7.30. The van der Waals surface area contributed by atoms with Crippen molar-refractivity contribution in [3.05, 3.63) is 28.5 Å². The van der Waals surface area contributed by atoms with E-state index in [2.05, 4.69) is 43.3 Å². The van der Waals surface area contributed by atoms with Gasteiger partial charge in [-0.05, 0) is 53.5 Å². The van der Waals surface area contributed by atoms with E-state index >= 15 is 0 Å². The molecular weight excluding hydrogens is 286 g/mol. The molecule has 21 heavy (non-hydrogen) atoms. The fourth-order valence-corrected chi connectivity index (χ4v) is 3.67. The molecule has 0 unspecified atom stereocenters. The van der Waals surface area contributed by atoms with Gasteiger partial charge in [-0.3, -0.25) is 9.78 Å². The molecule has 1 fully saturated rings. The van der Waals surface area contributed by atoms with Gasteiger partial charge in [-0.25, -0.2) is 0 Å². The Kier molecular flexibility index (Phi) is 4.31. The highest BCUT2D eigenvalue weighted by Crippen LogP contribution is 2.29. The summed E-state index contributed by atoms with van der Waals surface area (Å²) in [5.41, 5.74) is 1.24. The lowest BCUT2D eigenvalue weighted by Gasteiger charge is -2.46. The van der Waals surface area contributed by atoms with Gasteiger partial charge in [-0.1, -0.05) is 11.6 Å². The van der Waals surface area contributed by atoms with E-state index in [9.17, 15) is 4.79 Å². The molecule has 0 saturated carbocycles. The maximum absolute atomic E-state index is 12.4. The molecule has 1 aromatic rings. The number of pyridine rings is 1. The molecule has 116 valence electrons. The number of piperidine rings is 1. The van der Waals surface area contributed by atoms with E-state index in [-0.39, 0.29) is 23.0 Å². The highest BCUT2D eigenvalue weighted by Gasteiger charge is 2.38. The Labute approximate surface area is 131 Å². The van der Waals surface area contributed by atoms with Gasteiger partial charge in [0.15, 0.2) is 0 Å². The number of aryl methyl sites for hydroxylation is 1. The fraction of sp³-hybridized carbons (Fsp3) is 0.625. The summed E-state index contributed by atoms with van der Waals surface area (Å²) < 4.78 is 0. The van der Waals surface area contributed by atoms with Crippen molar-refractivity contribution in [3.63, 3.8) is 0 Å². The molecule has 2 heterocycles. The normalized spacial score (nSPS) is 21.0. The monoisotopic (exact) mass is 309 g/mol. The molecule has 4 nitrogen and oxygen atoms in total. The quantitative estimate of drug-likeness (QED) is 0.882. The molecule has 1 saturated heterocycles. The van der Waals surface area contributed by atoms with Crippen molar-refractivity contribution in [2.45, 2.75) is 64.6 Å². The van der Waals surface area contributed by atoms with E-state index in [4.69, 9.17) is 11.6 Å². The lowest BCUT2D eigenvalue weighted by atomic mass is 9.79. The number of hydrogen-bond donors (Lipinski definition) is 2. The molecular formula is C16H24ClN3O. The van der Waals surface area contributed by atoms with Crippen LogP contribution in [-0.2, 0) is 0 Å². The van der Waals surface area contributed by atoms with E-state index in [0.717, 1.165) is 18.5 Å². The third-order valence-electron chi connectivity index (χ3n) is 3.76.